The van der Waals surface area contributed by atoms with E-state index in [9.17, 15) is 14.9 Å². The van der Waals surface area contributed by atoms with Gasteiger partial charge in [-0.1, -0.05) is 6.92 Å². The molecule has 1 unspecified atom stereocenters. The number of benzene rings is 1. The molecular formula is C12H17N3O3. The van der Waals surface area contributed by atoms with Gasteiger partial charge in [-0.05, 0) is 25.5 Å². The highest BCUT2D eigenvalue weighted by atomic mass is 16.6. The van der Waals surface area contributed by atoms with Gasteiger partial charge in [0.1, 0.15) is 5.69 Å². The molecule has 0 heterocycles. The monoisotopic (exact) mass is 251 g/mol. The summed E-state index contributed by atoms with van der Waals surface area (Å²) < 4.78 is 0. The number of carbonyl (C=O) groups excluding carboxylic acids is 1. The van der Waals surface area contributed by atoms with Gasteiger partial charge in [-0.15, -0.1) is 0 Å². The molecule has 0 aliphatic heterocycles. The van der Waals surface area contributed by atoms with E-state index in [1.54, 1.807) is 11.9 Å². The SMILES string of the molecule is CCC(C)N(C)C(=O)c1ccc([N+](=O)[O-])c(N)c1. The highest BCUT2D eigenvalue weighted by Gasteiger charge is 2.19. The number of rotatable bonds is 4. The van der Waals surface area contributed by atoms with Crippen molar-refractivity contribution in [3.8, 4) is 0 Å². The zero-order chi connectivity index (χ0) is 13.9. The lowest BCUT2D eigenvalue weighted by molar-refractivity contribution is -0.383. The maximum atomic E-state index is 12.1. The van der Waals surface area contributed by atoms with Gasteiger partial charge in [0.2, 0.25) is 0 Å². The van der Waals surface area contributed by atoms with Crippen LogP contribution in [0.4, 0.5) is 11.4 Å². The van der Waals surface area contributed by atoms with Crippen molar-refractivity contribution < 1.29 is 9.72 Å². The van der Waals surface area contributed by atoms with Gasteiger partial charge >= 0.3 is 0 Å². The lowest BCUT2D eigenvalue weighted by Crippen LogP contribution is -2.34. The summed E-state index contributed by atoms with van der Waals surface area (Å²) >= 11 is 0. The van der Waals surface area contributed by atoms with Crippen molar-refractivity contribution in [1.82, 2.24) is 4.90 Å². The third-order valence-corrected chi connectivity index (χ3v) is 3.04. The molecule has 1 atom stereocenters. The smallest absolute Gasteiger partial charge is 0.292 e. The number of anilines is 1. The zero-order valence-electron chi connectivity index (χ0n) is 10.7. The Labute approximate surface area is 106 Å². The predicted molar refractivity (Wildman–Crippen MR) is 69.4 cm³/mol. The van der Waals surface area contributed by atoms with Crippen molar-refractivity contribution in [3.05, 3.63) is 33.9 Å². The minimum atomic E-state index is -0.567. The Balaban J connectivity index is 3.01. The van der Waals surface area contributed by atoms with Crippen molar-refractivity contribution in [2.24, 2.45) is 0 Å². The topological polar surface area (TPSA) is 89.5 Å². The van der Waals surface area contributed by atoms with E-state index in [1.807, 2.05) is 13.8 Å². The maximum Gasteiger partial charge on any atom is 0.292 e. The van der Waals surface area contributed by atoms with E-state index >= 15 is 0 Å². The second-order valence-electron chi connectivity index (χ2n) is 4.20. The number of nitrogens with zero attached hydrogens (tertiary/aromatic N) is 2. The van der Waals surface area contributed by atoms with E-state index in [0.717, 1.165) is 6.42 Å². The average molecular weight is 251 g/mol. The summed E-state index contributed by atoms with van der Waals surface area (Å²) in [7, 11) is 1.70. The number of amides is 1. The van der Waals surface area contributed by atoms with E-state index in [2.05, 4.69) is 0 Å². The van der Waals surface area contributed by atoms with Crippen LogP contribution < -0.4 is 5.73 Å². The molecule has 1 rings (SSSR count). The number of nitrogen functional groups attached to an aromatic ring is 1. The third kappa shape index (κ3) is 2.77. The Morgan fingerprint density at radius 2 is 2.17 bits per heavy atom. The summed E-state index contributed by atoms with van der Waals surface area (Å²) in [5, 5.41) is 10.6. The summed E-state index contributed by atoms with van der Waals surface area (Å²) in [5.74, 6) is -0.189. The Morgan fingerprint density at radius 1 is 1.56 bits per heavy atom. The van der Waals surface area contributed by atoms with Crippen LogP contribution in [0.15, 0.2) is 18.2 Å². The van der Waals surface area contributed by atoms with Crippen LogP contribution >= 0.6 is 0 Å². The first kappa shape index (κ1) is 14.0. The molecule has 6 nitrogen and oxygen atoms in total. The van der Waals surface area contributed by atoms with Gasteiger partial charge < -0.3 is 10.6 Å². The first-order valence-electron chi connectivity index (χ1n) is 5.69. The zero-order valence-corrected chi connectivity index (χ0v) is 10.7. The number of hydrogen-bond acceptors (Lipinski definition) is 4. The quantitative estimate of drug-likeness (QED) is 0.503. The molecule has 0 aliphatic rings. The van der Waals surface area contributed by atoms with Crippen molar-refractivity contribution in [1.29, 1.82) is 0 Å². The van der Waals surface area contributed by atoms with E-state index in [0.29, 0.717) is 5.56 Å². The van der Waals surface area contributed by atoms with Gasteiger partial charge in [0.15, 0.2) is 0 Å². The molecule has 0 aliphatic carbocycles. The van der Waals surface area contributed by atoms with Crippen molar-refractivity contribution in [2.75, 3.05) is 12.8 Å². The first-order chi connectivity index (χ1) is 8.38. The molecule has 1 amide bonds. The Kier molecular flexibility index (Phi) is 4.25. The lowest BCUT2D eigenvalue weighted by atomic mass is 10.1. The number of nitro benzene ring substituents is 1. The summed E-state index contributed by atoms with van der Waals surface area (Å²) in [6.45, 7) is 3.92. The van der Waals surface area contributed by atoms with Gasteiger partial charge in [-0.2, -0.15) is 0 Å². The van der Waals surface area contributed by atoms with Crippen LogP contribution in [0.3, 0.4) is 0 Å². The van der Waals surface area contributed by atoms with Gasteiger partial charge in [0.25, 0.3) is 11.6 Å². The molecular weight excluding hydrogens is 234 g/mol. The van der Waals surface area contributed by atoms with Crippen LogP contribution in [0, 0.1) is 10.1 Å². The van der Waals surface area contributed by atoms with Crippen LogP contribution in [0.25, 0.3) is 0 Å². The molecule has 0 spiro atoms. The van der Waals surface area contributed by atoms with Gasteiger partial charge in [0, 0.05) is 24.7 Å². The highest BCUT2D eigenvalue weighted by Crippen LogP contribution is 2.23. The number of nitrogens with two attached hydrogens (primary N) is 1. The Morgan fingerprint density at radius 3 is 2.61 bits per heavy atom. The van der Waals surface area contributed by atoms with Crippen molar-refractivity contribution in [3.63, 3.8) is 0 Å². The molecule has 2 N–H and O–H groups in total. The van der Waals surface area contributed by atoms with Crippen LogP contribution in [0.1, 0.15) is 30.6 Å². The van der Waals surface area contributed by atoms with E-state index in [4.69, 9.17) is 5.73 Å². The second kappa shape index (κ2) is 5.48. The summed E-state index contributed by atoms with van der Waals surface area (Å²) in [5.41, 5.74) is 5.74. The molecule has 0 radical (unpaired) electrons. The molecule has 1 aromatic rings. The predicted octanol–water partition coefficient (Wildman–Crippen LogP) is 2.05. The molecule has 0 saturated carbocycles. The fourth-order valence-electron chi connectivity index (χ4n) is 1.53. The van der Waals surface area contributed by atoms with Crippen molar-refractivity contribution >= 4 is 17.3 Å². The fourth-order valence-corrected chi connectivity index (χ4v) is 1.53. The molecule has 0 saturated heterocycles. The Bertz CT molecular complexity index is 474. The Hall–Kier alpha value is -2.11. The first-order valence-corrected chi connectivity index (χ1v) is 5.69. The largest absolute Gasteiger partial charge is 0.393 e. The maximum absolute atomic E-state index is 12.1. The highest BCUT2D eigenvalue weighted by molar-refractivity contribution is 5.95. The lowest BCUT2D eigenvalue weighted by Gasteiger charge is -2.23. The van der Waals surface area contributed by atoms with Gasteiger partial charge in [-0.25, -0.2) is 0 Å². The fraction of sp³-hybridized carbons (Fsp3) is 0.417. The van der Waals surface area contributed by atoms with E-state index < -0.39 is 4.92 Å². The summed E-state index contributed by atoms with van der Waals surface area (Å²) in [6, 6.07) is 4.14. The molecule has 0 aromatic heterocycles. The minimum Gasteiger partial charge on any atom is -0.393 e. The third-order valence-electron chi connectivity index (χ3n) is 3.04. The number of hydrogen-bond donors (Lipinski definition) is 1. The second-order valence-corrected chi connectivity index (χ2v) is 4.20. The van der Waals surface area contributed by atoms with E-state index in [1.165, 1.54) is 18.2 Å². The van der Waals surface area contributed by atoms with E-state index in [-0.39, 0.29) is 23.3 Å². The number of nitro groups is 1. The molecule has 6 heteroatoms. The molecule has 0 fully saturated rings. The van der Waals surface area contributed by atoms with Gasteiger partial charge in [0.05, 0.1) is 4.92 Å². The normalized spacial score (nSPS) is 11.9. The number of carbonyl (C=O) groups is 1. The van der Waals surface area contributed by atoms with Crippen LogP contribution in [-0.2, 0) is 0 Å². The van der Waals surface area contributed by atoms with Crippen molar-refractivity contribution in [2.45, 2.75) is 26.3 Å². The molecule has 0 bridgehead atoms. The standard InChI is InChI=1S/C12H17N3O3/c1-4-8(2)14(3)12(16)9-5-6-11(15(17)18)10(13)7-9/h5-8H,4,13H2,1-3H3. The van der Waals surface area contributed by atoms with Crippen LogP contribution in [-0.4, -0.2) is 28.8 Å². The minimum absolute atomic E-state index is 0.00315. The summed E-state index contributed by atoms with van der Waals surface area (Å²) in [4.78, 5) is 23.7. The average Bonchev–Trinajstić information content (AvgIpc) is 2.35. The molecule has 98 valence electrons. The molecule has 18 heavy (non-hydrogen) atoms. The van der Waals surface area contributed by atoms with Crippen LogP contribution in [0.5, 0.6) is 0 Å². The van der Waals surface area contributed by atoms with Crippen LogP contribution in [0.2, 0.25) is 0 Å². The van der Waals surface area contributed by atoms with Gasteiger partial charge in [-0.3, -0.25) is 14.9 Å². The molecule has 1 aromatic carbocycles. The summed E-state index contributed by atoms with van der Waals surface area (Å²) in [6.07, 6.45) is 0.838.